The zero-order valence-electron chi connectivity index (χ0n) is 18.8. The highest BCUT2D eigenvalue weighted by Crippen LogP contribution is 2.19. The van der Waals surface area contributed by atoms with Crippen LogP contribution in [-0.2, 0) is 17.7 Å². The Morgan fingerprint density at radius 3 is 2.52 bits per heavy atom. The van der Waals surface area contributed by atoms with Crippen LogP contribution in [0.25, 0.3) is 0 Å². The number of carbonyl (C=O) groups is 1. The van der Waals surface area contributed by atoms with Crippen molar-refractivity contribution < 1.29 is 14.3 Å². The van der Waals surface area contributed by atoms with Crippen molar-refractivity contribution in [3.63, 3.8) is 0 Å². The van der Waals surface area contributed by atoms with Gasteiger partial charge in [-0.3, -0.25) is 4.90 Å². The molecule has 6 nitrogen and oxygen atoms in total. The van der Waals surface area contributed by atoms with Crippen LogP contribution in [0.3, 0.4) is 0 Å². The fourth-order valence-corrected chi connectivity index (χ4v) is 3.82. The molecular formula is C27H31N3O3. The van der Waals surface area contributed by atoms with E-state index < -0.39 is 0 Å². The van der Waals surface area contributed by atoms with Crippen LogP contribution in [0.5, 0.6) is 5.75 Å². The lowest BCUT2D eigenvalue weighted by atomic mass is 10.0. The van der Waals surface area contributed by atoms with Crippen LogP contribution in [0.1, 0.15) is 16.7 Å². The topological polar surface area (TPSA) is 62.8 Å². The quantitative estimate of drug-likeness (QED) is 0.515. The van der Waals surface area contributed by atoms with Crippen LogP contribution in [0, 0.1) is 0 Å². The summed E-state index contributed by atoms with van der Waals surface area (Å²) in [6, 6.07) is 25.8. The number of hydrogen-bond donors (Lipinski definition) is 2. The average molecular weight is 446 g/mol. The number of morpholine rings is 1. The Kier molecular flexibility index (Phi) is 8.33. The van der Waals surface area contributed by atoms with E-state index in [1.807, 2.05) is 66.7 Å². The van der Waals surface area contributed by atoms with Crippen LogP contribution in [-0.4, -0.2) is 50.4 Å². The predicted molar refractivity (Wildman–Crippen MR) is 131 cm³/mol. The molecule has 0 unspecified atom stereocenters. The standard InChI is InChI=1S/C27H31N3O3/c31-27(29-26-12-5-4-10-24(26)19-22-7-2-1-3-8-22)28-21-23-9-6-11-25(20-23)33-18-15-30-13-16-32-17-14-30/h1-12,20H,13-19,21H2,(H2,28,29,31). The van der Waals surface area contributed by atoms with Crippen molar-refractivity contribution in [1.29, 1.82) is 0 Å². The first kappa shape index (κ1) is 22.8. The summed E-state index contributed by atoms with van der Waals surface area (Å²) in [4.78, 5) is 14.9. The molecule has 1 fully saturated rings. The molecule has 6 heteroatoms. The van der Waals surface area contributed by atoms with Crippen LogP contribution in [0.4, 0.5) is 10.5 Å². The van der Waals surface area contributed by atoms with E-state index in [9.17, 15) is 4.79 Å². The number of ether oxygens (including phenoxy) is 2. The summed E-state index contributed by atoms with van der Waals surface area (Å²) in [5.74, 6) is 0.816. The zero-order valence-corrected chi connectivity index (χ0v) is 18.8. The second-order valence-corrected chi connectivity index (χ2v) is 8.08. The van der Waals surface area contributed by atoms with E-state index in [1.54, 1.807) is 0 Å². The minimum Gasteiger partial charge on any atom is -0.492 e. The molecule has 0 atom stereocenters. The number of nitrogens with one attached hydrogen (secondary N) is 2. The number of anilines is 1. The summed E-state index contributed by atoms with van der Waals surface area (Å²) in [6.07, 6.45) is 0.765. The van der Waals surface area contributed by atoms with Crippen molar-refractivity contribution in [3.8, 4) is 5.75 Å². The van der Waals surface area contributed by atoms with Gasteiger partial charge in [0.15, 0.2) is 0 Å². The lowest BCUT2D eigenvalue weighted by molar-refractivity contribution is 0.0322. The maximum absolute atomic E-state index is 12.6. The molecule has 2 N–H and O–H groups in total. The molecule has 0 aromatic heterocycles. The third kappa shape index (κ3) is 7.34. The van der Waals surface area contributed by atoms with Gasteiger partial charge in [0.2, 0.25) is 0 Å². The number of para-hydroxylation sites is 1. The minimum absolute atomic E-state index is 0.228. The normalized spacial score (nSPS) is 13.9. The van der Waals surface area contributed by atoms with Crippen molar-refractivity contribution in [1.82, 2.24) is 10.2 Å². The summed E-state index contributed by atoms with van der Waals surface area (Å²) in [5, 5.41) is 5.94. The van der Waals surface area contributed by atoms with Crippen molar-refractivity contribution in [3.05, 3.63) is 95.6 Å². The SMILES string of the molecule is O=C(NCc1cccc(OCCN2CCOCC2)c1)Nc1ccccc1Cc1ccccc1. The van der Waals surface area contributed by atoms with Gasteiger partial charge in [0.25, 0.3) is 0 Å². The van der Waals surface area contributed by atoms with E-state index >= 15 is 0 Å². The molecule has 1 aliphatic heterocycles. The van der Waals surface area contributed by atoms with Crippen molar-refractivity contribution >= 4 is 11.7 Å². The van der Waals surface area contributed by atoms with Gasteiger partial charge in [-0.05, 0) is 41.3 Å². The second-order valence-electron chi connectivity index (χ2n) is 8.08. The third-order valence-electron chi connectivity index (χ3n) is 5.63. The van der Waals surface area contributed by atoms with Crippen molar-refractivity contribution in [2.45, 2.75) is 13.0 Å². The lowest BCUT2D eigenvalue weighted by Gasteiger charge is -2.26. The highest BCUT2D eigenvalue weighted by molar-refractivity contribution is 5.90. The molecule has 1 heterocycles. The van der Waals surface area contributed by atoms with E-state index in [0.29, 0.717) is 13.2 Å². The number of benzene rings is 3. The Morgan fingerprint density at radius 2 is 1.67 bits per heavy atom. The summed E-state index contributed by atoms with van der Waals surface area (Å²) in [6.45, 7) is 5.44. The lowest BCUT2D eigenvalue weighted by Crippen LogP contribution is -2.38. The largest absolute Gasteiger partial charge is 0.492 e. The van der Waals surface area contributed by atoms with Crippen molar-refractivity contribution in [2.75, 3.05) is 44.8 Å². The van der Waals surface area contributed by atoms with Crippen LogP contribution in [0.15, 0.2) is 78.9 Å². The summed E-state index contributed by atoms with van der Waals surface area (Å²) < 4.78 is 11.3. The number of urea groups is 1. The molecular weight excluding hydrogens is 414 g/mol. The van der Waals surface area contributed by atoms with Crippen LogP contribution in [0.2, 0.25) is 0 Å². The third-order valence-corrected chi connectivity index (χ3v) is 5.63. The monoisotopic (exact) mass is 445 g/mol. The molecule has 3 aromatic carbocycles. The number of rotatable bonds is 9. The molecule has 0 bridgehead atoms. The van der Waals surface area contributed by atoms with Gasteiger partial charge in [0.05, 0.1) is 13.2 Å². The maximum atomic E-state index is 12.6. The first-order valence-corrected chi connectivity index (χ1v) is 11.4. The molecule has 3 aromatic rings. The van der Waals surface area contributed by atoms with Crippen LogP contribution >= 0.6 is 0 Å². The first-order chi connectivity index (χ1) is 16.3. The number of carbonyl (C=O) groups excluding carboxylic acids is 1. The van der Waals surface area contributed by atoms with Gasteiger partial charge in [-0.25, -0.2) is 4.79 Å². The van der Waals surface area contributed by atoms with Crippen LogP contribution < -0.4 is 15.4 Å². The fourth-order valence-electron chi connectivity index (χ4n) is 3.82. The Labute approximate surface area is 195 Å². The number of amides is 2. The molecule has 0 saturated carbocycles. The smallest absolute Gasteiger partial charge is 0.319 e. The summed E-state index contributed by atoms with van der Waals surface area (Å²) >= 11 is 0. The highest BCUT2D eigenvalue weighted by Gasteiger charge is 2.10. The van der Waals surface area contributed by atoms with E-state index in [2.05, 4.69) is 27.7 Å². The van der Waals surface area contributed by atoms with Gasteiger partial charge < -0.3 is 20.1 Å². The molecule has 0 spiro atoms. The number of nitrogens with zero attached hydrogens (tertiary/aromatic N) is 1. The maximum Gasteiger partial charge on any atom is 0.319 e. The Morgan fingerprint density at radius 1 is 0.909 bits per heavy atom. The van der Waals surface area contributed by atoms with Gasteiger partial charge in [-0.2, -0.15) is 0 Å². The van der Waals surface area contributed by atoms with E-state index in [4.69, 9.17) is 9.47 Å². The molecule has 1 aliphatic rings. The van der Waals surface area contributed by atoms with Gasteiger partial charge in [-0.1, -0.05) is 60.7 Å². The molecule has 33 heavy (non-hydrogen) atoms. The van der Waals surface area contributed by atoms with Gasteiger partial charge >= 0.3 is 6.03 Å². The zero-order chi connectivity index (χ0) is 22.7. The highest BCUT2D eigenvalue weighted by atomic mass is 16.5. The molecule has 4 rings (SSSR count). The van der Waals surface area contributed by atoms with Gasteiger partial charge in [0, 0.05) is 31.9 Å². The van der Waals surface area contributed by atoms with Crippen molar-refractivity contribution in [2.24, 2.45) is 0 Å². The Bertz CT molecular complexity index is 1020. The van der Waals surface area contributed by atoms with E-state index in [0.717, 1.165) is 61.8 Å². The summed E-state index contributed by atoms with van der Waals surface area (Å²) in [5.41, 5.74) is 4.10. The minimum atomic E-state index is -0.228. The Hall–Kier alpha value is -3.35. The Balaban J connectivity index is 1.26. The predicted octanol–water partition coefficient (Wildman–Crippen LogP) is 4.31. The molecule has 1 saturated heterocycles. The first-order valence-electron chi connectivity index (χ1n) is 11.4. The summed E-state index contributed by atoms with van der Waals surface area (Å²) in [7, 11) is 0. The van der Waals surface area contributed by atoms with Gasteiger partial charge in [0.1, 0.15) is 12.4 Å². The molecule has 172 valence electrons. The molecule has 0 radical (unpaired) electrons. The number of hydrogen-bond acceptors (Lipinski definition) is 4. The van der Waals surface area contributed by atoms with E-state index in [1.165, 1.54) is 5.56 Å². The molecule has 0 aliphatic carbocycles. The van der Waals surface area contributed by atoms with E-state index in [-0.39, 0.29) is 6.03 Å². The average Bonchev–Trinajstić information content (AvgIpc) is 2.86. The molecule has 2 amide bonds. The second kappa shape index (κ2) is 12.0. The van der Waals surface area contributed by atoms with Gasteiger partial charge in [-0.15, -0.1) is 0 Å². The fraction of sp³-hybridized carbons (Fsp3) is 0.296.